The van der Waals surface area contributed by atoms with Gasteiger partial charge in [0.25, 0.3) is 0 Å². The Morgan fingerprint density at radius 2 is 1.94 bits per heavy atom. The van der Waals surface area contributed by atoms with Crippen molar-refractivity contribution in [2.45, 2.75) is 51.5 Å². The van der Waals surface area contributed by atoms with Gasteiger partial charge in [-0.25, -0.2) is 4.39 Å². The van der Waals surface area contributed by atoms with Gasteiger partial charge in [0, 0.05) is 11.7 Å². The zero-order valence-corrected chi connectivity index (χ0v) is 11.1. The van der Waals surface area contributed by atoms with Crippen LogP contribution in [0.1, 0.15) is 57.1 Å². The first-order valence-corrected chi connectivity index (χ1v) is 6.70. The summed E-state index contributed by atoms with van der Waals surface area (Å²) in [7, 11) is 0. The minimum absolute atomic E-state index is 0.0673. The Kier molecular flexibility index (Phi) is 6.68. The molecule has 0 aliphatic heterocycles. The molecule has 0 saturated heterocycles. The third-order valence-corrected chi connectivity index (χ3v) is 3.22. The van der Waals surface area contributed by atoms with E-state index in [1.807, 2.05) is 0 Å². The number of benzene rings is 1. The van der Waals surface area contributed by atoms with Crippen LogP contribution in [-0.2, 0) is 0 Å². The highest BCUT2D eigenvalue weighted by molar-refractivity contribution is 5.48. The molecule has 1 rings (SSSR count). The van der Waals surface area contributed by atoms with Crippen LogP contribution >= 0.6 is 0 Å². The van der Waals surface area contributed by atoms with E-state index in [0.717, 1.165) is 18.4 Å². The lowest BCUT2D eigenvalue weighted by molar-refractivity contribution is 0.477. The van der Waals surface area contributed by atoms with Gasteiger partial charge in [-0.1, -0.05) is 39.0 Å². The molecule has 102 valence electrons. The predicted molar refractivity (Wildman–Crippen MR) is 74.3 cm³/mol. The highest BCUT2D eigenvalue weighted by atomic mass is 19.1. The monoisotopic (exact) mass is 253 g/mol. The van der Waals surface area contributed by atoms with Gasteiger partial charge >= 0.3 is 0 Å². The van der Waals surface area contributed by atoms with Crippen molar-refractivity contribution >= 4 is 5.69 Å². The SMILES string of the molecule is CCCCCCCC(NN)c1cc(F)ccc1N. The van der Waals surface area contributed by atoms with Crippen LogP contribution in [0.5, 0.6) is 0 Å². The number of nitrogens with two attached hydrogens (primary N) is 2. The normalized spacial score (nSPS) is 12.6. The minimum Gasteiger partial charge on any atom is -0.398 e. The molecule has 0 saturated carbocycles. The molecule has 18 heavy (non-hydrogen) atoms. The second kappa shape index (κ2) is 8.06. The smallest absolute Gasteiger partial charge is 0.123 e. The van der Waals surface area contributed by atoms with E-state index in [1.54, 1.807) is 6.07 Å². The number of hydrogen-bond acceptors (Lipinski definition) is 3. The maximum atomic E-state index is 13.2. The van der Waals surface area contributed by atoms with Crippen molar-refractivity contribution in [1.29, 1.82) is 0 Å². The fourth-order valence-corrected chi connectivity index (χ4v) is 2.13. The Balaban J connectivity index is 2.52. The molecule has 1 atom stereocenters. The van der Waals surface area contributed by atoms with E-state index >= 15 is 0 Å². The molecular formula is C14H24FN3. The molecule has 0 amide bonds. The molecule has 0 aliphatic carbocycles. The first-order valence-electron chi connectivity index (χ1n) is 6.70. The molecule has 0 heterocycles. The lowest BCUT2D eigenvalue weighted by Gasteiger charge is -2.18. The summed E-state index contributed by atoms with van der Waals surface area (Å²) in [6, 6.07) is 4.35. The largest absolute Gasteiger partial charge is 0.398 e. The van der Waals surface area contributed by atoms with Crippen molar-refractivity contribution in [2.24, 2.45) is 5.84 Å². The Hall–Kier alpha value is -1.13. The molecule has 0 fully saturated rings. The van der Waals surface area contributed by atoms with Crippen LogP contribution < -0.4 is 17.0 Å². The number of halogens is 1. The zero-order valence-electron chi connectivity index (χ0n) is 11.1. The second-order valence-corrected chi connectivity index (χ2v) is 4.70. The van der Waals surface area contributed by atoms with Gasteiger partial charge in [-0.2, -0.15) is 0 Å². The Bertz CT molecular complexity index is 355. The Morgan fingerprint density at radius 3 is 2.61 bits per heavy atom. The first-order chi connectivity index (χ1) is 8.69. The quantitative estimate of drug-likeness (QED) is 0.288. The fourth-order valence-electron chi connectivity index (χ4n) is 2.13. The summed E-state index contributed by atoms with van der Waals surface area (Å²) in [5.41, 5.74) is 9.93. The number of hydrazine groups is 1. The van der Waals surface area contributed by atoms with Crippen molar-refractivity contribution in [3.8, 4) is 0 Å². The summed E-state index contributed by atoms with van der Waals surface area (Å²) in [4.78, 5) is 0. The first kappa shape index (κ1) is 14.9. The van der Waals surface area contributed by atoms with Crippen molar-refractivity contribution < 1.29 is 4.39 Å². The van der Waals surface area contributed by atoms with E-state index in [4.69, 9.17) is 11.6 Å². The topological polar surface area (TPSA) is 64.1 Å². The van der Waals surface area contributed by atoms with Crippen molar-refractivity contribution in [1.82, 2.24) is 5.43 Å². The number of nitrogen functional groups attached to an aromatic ring is 1. The van der Waals surface area contributed by atoms with Gasteiger partial charge in [0.2, 0.25) is 0 Å². The van der Waals surface area contributed by atoms with Crippen LogP contribution in [-0.4, -0.2) is 0 Å². The van der Waals surface area contributed by atoms with Crippen LogP contribution in [0.2, 0.25) is 0 Å². The molecule has 1 aromatic rings. The third kappa shape index (κ3) is 4.63. The summed E-state index contributed by atoms with van der Waals surface area (Å²) in [5, 5.41) is 0. The maximum Gasteiger partial charge on any atom is 0.123 e. The number of rotatable bonds is 8. The average molecular weight is 253 g/mol. The lowest BCUT2D eigenvalue weighted by Crippen LogP contribution is -2.28. The van der Waals surface area contributed by atoms with E-state index in [9.17, 15) is 4.39 Å². The van der Waals surface area contributed by atoms with E-state index in [1.165, 1.54) is 37.8 Å². The van der Waals surface area contributed by atoms with Gasteiger partial charge in [-0.3, -0.25) is 11.3 Å². The Labute approximate surface area is 109 Å². The highest BCUT2D eigenvalue weighted by Crippen LogP contribution is 2.25. The summed E-state index contributed by atoms with van der Waals surface area (Å²) in [5.74, 6) is 5.26. The number of hydrogen-bond donors (Lipinski definition) is 3. The maximum absolute atomic E-state index is 13.2. The average Bonchev–Trinajstić information content (AvgIpc) is 2.37. The van der Waals surface area contributed by atoms with Gasteiger partial charge < -0.3 is 5.73 Å². The summed E-state index contributed by atoms with van der Waals surface area (Å²) in [6.45, 7) is 2.19. The molecule has 1 aromatic carbocycles. The van der Waals surface area contributed by atoms with Gasteiger partial charge in [0.05, 0.1) is 0 Å². The zero-order chi connectivity index (χ0) is 13.4. The number of unbranched alkanes of at least 4 members (excludes halogenated alkanes) is 4. The summed E-state index contributed by atoms with van der Waals surface area (Å²) in [6.07, 6.45) is 6.88. The van der Waals surface area contributed by atoms with Crippen LogP contribution in [0.3, 0.4) is 0 Å². The lowest BCUT2D eigenvalue weighted by atomic mass is 9.99. The summed E-state index contributed by atoms with van der Waals surface area (Å²) >= 11 is 0. The number of nitrogens with one attached hydrogen (secondary N) is 1. The molecule has 4 heteroatoms. The van der Waals surface area contributed by atoms with Crippen LogP contribution in [0.4, 0.5) is 10.1 Å². The fraction of sp³-hybridized carbons (Fsp3) is 0.571. The molecule has 0 spiro atoms. The number of anilines is 1. The van der Waals surface area contributed by atoms with E-state index in [2.05, 4.69) is 12.3 Å². The van der Waals surface area contributed by atoms with Crippen molar-refractivity contribution in [3.05, 3.63) is 29.6 Å². The minimum atomic E-state index is -0.273. The van der Waals surface area contributed by atoms with Crippen molar-refractivity contribution in [3.63, 3.8) is 0 Å². The van der Waals surface area contributed by atoms with E-state index in [-0.39, 0.29) is 11.9 Å². The van der Waals surface area contributed by atoms with E-state index in [0.29, 0.717) is 5.69 Å². The molecular weight excluding hydrogens is 229 g/mol. The summed E-state index contributed by atoms with van der Waals surface area (Å²) < 4.78 is 13.2. The second-order valence-electron chi connectivity index (χ2n) is 4.70. The van der Waals surface area contributed by atoms with Crippen molar-refractivity contribution in [2.75, 3.05) is 5.73 Å². The van der Waals surface area contributed by atoms with Gasteiger partial charge in [0.1, 0.15) is 5.82 Å². The van der Waals surface area contributed by atoms with E-state index < -0.39 is 0 Å². The van der Waals surface area contributed by atoms with Crippen LogP contribution in [0.25, 0.3) is 0 Å². The van der Waals surface area contributed by atoms with Gasteiger partial charge in [-0.05, 0) is 30.2 Å². The molecule has 0 bridgehead atoms. The highest BCUT2D eigenvalue weighted by Gasteiger charge is 2.13. The Morgan fingerprint density at radius 1 is 1.22 bits per heavy atom. The molecule has 3 nitrogen and oxygen atoms in total. The molecule has 5 N–H and O–H groups in total. The molecule has 0 aliphatic rings. The van der Waals surface area contributed by atoms with Crippen LogP contribution in [0.15, 0.2) is 18.2 Å². The predicted octanol–water partition coefficient (Wildman–Crippen LogP) is 3.27. The standard InChI is InChI=1S/C14H24FN3/c1-2-3-4-5-6-7-14(18-17)12-10-11(15)8-9-13(12)16/h8-10,14,18H,2-7,16-17H2,1H3. The van der Waals surface area contributed by atoms with Crippen LogP contribution in [0, 0.1) is 5.82 Å². The molecule has 1 unspecified atom stereocenters. The molecule has 0 aromatic heterocycles. The third-order valence-electron chi connectivity index (χ3n) is 3.22. The molecule has 0 radical (unpaired) electrons. The van der Waals surface area contributed by atoms with Gasteiger partial charge in [0.15, 0.2) is 0 Å². The van der Waals surface area contributed by atoms with Gasteiger partial charge in [-0.15, -0.1) is 0 Å².